The first-order chi connectivity index (χ1) is 5.75. The van der Waals surface area contributed by atoms with Gasteiger partial charge in [-0.3, -0.25) is 4.79 Å². The van der Waals surface area contributed by atoms with Gasteiger partial charge >= 0.3 is 5.97 Å². The molecule has 1 aliphatic carbocycles. The Kier molecular flexibility index (Phi) is 3.32. The third kappa shape index (κ3) is 2.10. The third-order valence-corrected chi connectivity index (χ3v) is 2.70. The summed E-state index contributed by atoms with van der Waals surface area (Å²) in [5.41, 5.74) is 0. The first-order valence-electron chi connectivity index (χ1n) is 4.61. The van der Waals surface area contributed by atoms with Crippen LogP contribution in [0.5, 0.6) is 0 Å². The molecule has 1 atom stereocenters. The predicted octanol–water partition coefficient (Wildman–Crippen LogP) is 2.45. The molecule has 12 heavy (non-hydrogen) atoms. The highest BCUT2D eigenvalue weighted by atomic mass is 16.4. The van der Waals surface area contributed by atoms with Crippen LogP contribution in [0.15, 0.2) is 12.7 Å². The maximum Gasteiger partial charge on any atom is 0.310 e. The molecular formula is C10H16O2. The fourth-order valence-electron chi connectivity index (χ4n) is 1.99. The average Bonchev–Trinajstić information content (AvgIpc) is 2.07. The van der Waals surface area contributed by atoms with Gasteiger partial charge in [-0.2, -0.15) is 0 Å². The van der Waals surface area contributed by atoms with Crippen LogP contribution in [0, 0.1) is 11.8 Å². The van der Waals surface area contributed by atoms with Crippen LogP contribution in [-0.4, -0.2) is 11.1 Å². The van der Waals surface area contributed by atoms with Crippen molar-refractivity contribution in [3.63, 3.8) is 0 Å². The van der Waals surface area contributed by atoms with Crippen molar-refractivity contribution in [3.8, 4) is 0 Å². The summed E-state index contributed by atoms with van der Waals surface area (Å²) in [6.45, 7) is 3.58. The van der Waals surface area contributed by atoms with Crippen molar-refractivity contribution in [2.45, 2.75) is 32.1 Å². The topological polar surface area (TPSA) is 37.3 Å². The van der Waals surface area contributed by atoms with Gasteiger partial charge in [0.15, 0.2) is 0 Å². The van der Waals surface area contributed by atoms with E-state index in [9.17, 15) is 4.79 Å². The summed E-state index contributed by atoms with van der Waals surface area (Å²) in [5, 5.41) is 8.85. The molecule has 68 valence electrons. The van der Waals surface area contributed by atoms with Gasteiger partial charge in [-0.1, -0.05) is 25.3 Å². The number of aliphatic carboxylic acids is 1. The van der Waals surface area contributed by atoms with Crippen molar-refractivity contribution in [2.24, 2.45) is 11.8 Å². The summed E-state index contributed by atoms with van der Waals surface area (Å²) in [6.07, 6.45) is 7.33. The summed E-state index contributed by atoms with van der Waals surface area (Å²) >= 11 is 0. The van der Waals surface area contributed by atoms with Crippen LogP contribution >= 0.6 is 0 Å². The molecule has 1 N–H and O–H groups in total. The number of carbonyl (C=O) groups is 1. The van der Waals surface area contributed by atoms with E-state index < -0.39 is 5.97 Å². The molecule has 0 heterocycles. The van der Waals surface area contributed by atoms with E-state index in [2.05, 4.69) is 6.58 Å². The molecule has 0 aromatic carbocycles. The maximum atomic E-state index is 10.8. The van der Waals surface area contributed by atoms with Crippen molar-refractivity contribution < 1.29 is 9.90 Å². The second-order valence-electron chi connectivity index (χ2n) is 3.50. The van der Waals surface area contributed by atoms with Gasteiger partial charge in [0, 0.05) is 0 Å². The van der Waals surface area contributed by atoms with Crippen LogP contribution in [0.25, 0.3) is 0 Å². The molecule has 1 unspecified atom stereocenters. The number of rotatable bonds is 3. The lowest BCUT2D eigenvalue weighted by atomic mass is 9.80. The van der Waals surface area contributed by atoms with Crippen molar-refractivity contribution >= 4 is 5.97 Å². The quantitative estimate of drug-likeness (QED) is 0.657. The van der Waals surface area contributed by atoms with Gasteiger partial charge in [-0.25, -0.2) is 0 Å². The van der Waals surface area contributed by atoms with Crippen LogP contribution < -0.4 is 0 Å². The van der Waals surface area contributed by atoms with Crippen LogP contribution in [0.4, 0.5) is 0 Å². The Morgan fingerprint density at radius 2 is 2.00 bits per heavy atom. The van der Waals surface area contributed by atoms with Crippen LogP contribution in [0.2, 0.25) is 0 Å². The molecule has 0 saturated heterocycles. The van der Waals surface area contributed by atoms with Gasteiger partial charge in [0.05, 0.1) is 5.92 Å². The average molecular weight is 168 g/mol. The summed E-state index contributed by atoms with van der Waals surface area (Å²) in [6, 6.07) is 0. The lowest BCUT2D eigenvalue weighted by Gasteiger charge is -2.25. The SMILES string of the molecule is C=CC(C(=O)O)C1CCCCC1. The van der Waals surface area contributed by atoms with E-state index in [4.69, 9.17) is 5.11 Å². The minimum absolute atomic E-state index is 0.315. The van der Waals surface area contributed by atoms with E-state index in [1.54, 1.807) is 6.08 Å². The normalized spacial score (nSPS) is 21.7. The molecule has 2 heteroatoms. The van der Waals surface area contributed by atoms with Crippen molar-refractivity contribution in [1.29, 1.82) is 0 Å². The molecule has 0 aromatic heterocycles. The van der Waals surface area contributed by atoms with Crippen LogP contribution in [0.3, 0.4) is 0 Å². The Morgan fingerprint density at radius 3 is 2.42 bits per heavy atom. The van der Waals surface area contributed by atoms with Crippen LogP contribution in [0.1, 0.15) is 32.1 Å². The summed E-state index contributed by atoms with van der Waals surface area (Å²) in [7, 11) is 0. The van der Waals surface area contributed by atoms with Gasteiger partial charge in [0.2, 0.25) is 0 Å². The zero-order valence-electron chi connectivity index (χ0n) is 7.33. The highest BCUT2D eigenvalue weighted by molar-refractivity contribution is 5.72. The van der Waals surface area contributed by atoms with E-state index in [1.165, 1.54) is 19.3 Å². The summed E-state index contributed by atoms with van der Waals surface area (Å²) in [4.78, 5) is 10.8. The zero-order chi connectivity index (χ0) is 8.97. The second kappa shape index (κ2) is 4.29. The predicted molar refractivity (Wildman–Crippen MR) is 47.9 cm³/mol. The molecule has 1 saturated carbocycles. The Labute approximate surface area is 73.3 Å². The Hall–Kier alpha value is -0.790. The van der Waals surface area contributed by atoms with Gasteiger partial charge in [0.1, 0.15) is 0 Å². The second-order valence-corrected chi connectivity index (χ2v) is 3.50. The van der Waals surface area contributed by atoms with Crippen molar-refractivity contribution in [1.82, 2.24) is 0 Å². The molecule has 0 bridgehead atoms. The van der Waals surface area contributed by atoms with E-state index in [-0.39, 0.29) is 5.92 Å². The lowest BCUT2D eigenvalue weighted by Crippen LogP contribution is -2.23. The van der Waals surface area contributed by atoms with E-state index in [0.717, 1.165) is 12.8 Å². The molecule has 1 fully saturated rings. The first kappa shape index (κ1) is 9.30. The minimum Gasteiger partial charge on any atom is -0.481 e. The third-order valence-electron chi connectivity index (χ3n) is 2.70. The van der Waals surface area contributed by atoms with Crippen LogP contribution in [-0.2, 0) is 4.79 Å². The fraction of sp³-hybridized carbons (Fsp3) is 0.700. The van der Waals surface area contributed by atoms with Crippen molar-refractivity contribution in [3.05, 3.63) is 12.7 Å². The van der Waals surface area contributed by atoms with E-state index in [0.29, 0.717) is 5.92 Å². The summed E-state index contributed by atoms with van der Waals surface area (Å²) in [5.74, 6) is -0.684. The highest BCUT2D eigenvalue weighted by Gasteiger charge is 2.26. The minimum atomic E-state index is -0.711. The number of carboxylic acids is 1. The molecule has 1 rings (SSSR count). The summed E-state index contributed by atoms with van der Waals surface area (Å²) < 4.78 is 0. The first-order valence-corrected chi connectivity index (χ1v) is 4.61. The number of hydrogen-bond donors (Lipinski definition) is 1. The van der Waals surface area contributed by atoms with E-state index in [1.807, 2.05) is 0 Å². The molecular weight excluding hydrogens is 152 g/mol. The maximum absolute atomic E-state index is 10.8. The lowest BCUT2D eigenvalue weighted by molar-refractivity contribution is -0.142. The number of carboxylic acid groups (broad SMARTS) is 1. The van der Waals surface area contributed by atoms with Crippen molar-refractivity contribution in [2.75, 3.05) is 0 Å². The fourth-order valence-corrected chi connectivity index (χ4v) is 1.99. The molecule has 0 spiro atoms. The monoisotopic (exact) mass is 168 g/mol. The Bertz CT molecular complexity index is 169. The van der Waals surface area contributed by atoms with Gasteiger partial charge in [-0.15, -0.1) is 6.58 Å². The smallest absolute Gasteiger partial charge is 0.310 e. The Balaban J connectivity index is 2.51. The zero-order valence-corrected chi connectivity index (χ0v) is 7.33. The molecule has 1 aliphatic rings. The van der Waals surface area contributed by atoms with Gasteiger partial charge in [-0.05, 0) is 18.8 Å². The molecule has 0 aliphatic heterocycles. The molecule has 0 radical (unpaired) electrons. The number of hydrogen-bond acceptors (Lipinski definition) is 1. The molecule has 0 amide bonds. The largest absolute Gasteiger partial charge is 0.481 e. The van der Waals surface area contributed by atoms with Gasteiger partial charge < -0.3 is 5.11 Å². The Morgan fingerprint density at radius 1 is 1.42 bits per heavy atom. The van der Waals surface area contributed by atoms with E-state index >= 15 is 0 Å². The molecule has 2 nitrogen and oxygen atoms in total. The molecule has 0 aromatic rings. The standard InChI is InChI=1S/C10H16O2/c1-2-9(10(11)12)8-6-4-3-5-7-8/h2,8-9H,1,3-7H2,(H,11,12). The van der Waals surface area contributed by atoms with Gasteiger partial charge in [0.25, 0.3) is 0 Å². The highest BCUT2D eigenvalue weighted by Crippen LogP contribution is 2.30.